The van der Waals surface area contributed by atoms with Crippen molar-refractivity contribution in [3.05, 3.63) is 63.4 Å². The van der Waals surface area contributed by atoms with E-state index >= 15 is 0 Å². The van der Waals surface area contributed by atoms with Crippen LogP contribution in [-0.4, -0.2) is 12.0 Å². The molecule has 2 nitrogen and oxygen atoms in total. The van der Waals surface area contributed by atoms with Gasteiger partial charge in [-0.25, -0.2) is 0 Å². The highest BCUT2D eigenvalue weighted by atomic mass is 35.5. The van der Waals surface area contributed by atoms with Gasteiger partial charge in [-0.05, 0) is 37.2 Å². The lowest BCUT2D eigenvalue weighted by Gasteiger charge is -2.19. The summed E-state index contributed by atoms with van der Waals surface area (Å²) in [6, 6.07) is 7.55. The zero-order valence-corrected chi connectivity index (χ0v) is 11.8. The van der Waals surface area contributed by atoms with E-state index in [0.29, 0.717) is 10.0 Å². The third-order valence-corrected chi connectivity index (χ3v) is 3.47. The van der Waals surface area contributed by atoms with Crippen molar-refractivity contribution in [2.45, 2.75) is 13.0 Å². The van der Waals surface area contributed by atoms with Gasteiger partial charge in [0.25, 0.3) is 0 Å². The van der Waals surface area contributed by atoms with Crippen LogP contribution >= 0.6 is 23.2 Å². The lowest BCUT2D eigenvalue weighted by molar-refractivity contribution is 0.688. The molecular weight excluding hydrogens is 267 g/mol. The summed E-state index contributed by atoms with van der Waals surface area (Å²) < 4.78 is 0. The Kier molecular flexibility index (Phi) is 4.23. The summed E-state index contributed by atoms with van der Waals surface area (Å²) in [7, 11) is 1.88. The fourth-order valence-corrected chi connectivity index (χ4v) is 2.62. The summed E-state index contributed by atoms with van der Waals surface area (Å²) in [6.07, 6.45) is 3.65. The maximum absolute atomic E-state index is 6.25. The van der Waals surface area contributed by atoms with Crippen molar-refractivity contribution in [1.29, 1.82) is 0 Å². The van der Waals surface area contributed by atoms with Crippen LogP contribution in [0.5, 0.6) is 0 Å². The molecule has 0 spiro atoms. The van der Waals surface area contributed by atoms with Gasteiger partial charge in [0.2, 0.25) is 0 Å². The minimum atomic E-state index is -0.0569. The second kappa shape index (κ2) is 5.70. The molecule has 2 aromatic rings. The highest BCUT2D eigenvalue weighted by Crippen LogP contribution is 2.33. The first-order valence-corrected chi connectivity index (χ1v) is 6.42. The van der Waals surface area contributed by atoms with E-state index in [-0.39, 0.29) is 6.04 Å². The van der Waals surface area contributed by atoms with Crippen LogP contribution in [0, 0.1) is 6.92 Å². The minimum Gasteiger partial charge on any atom is -0.309 e. The number of hydrogen-bond donors (Lipinski definition) is 1. The Labute approximate surface area is 117 Å². The lowest BCUT2D eigenvalue weighted by atomic mass is 9.99. The van der Waals surface area contributed by atoms with E-state index in [1.54, 1.807) is 0 Å². The van der Waals surface area contributed by atoms with Gasteiger partial charge >= 0.3 is 0 Å². The number of hydrogen-bond acceptors (Lipinski definition) is 2. The molecule has 0 aliphatic rings. The maximum atomic E-state index is 6.25. The molecule has 94 valence electrons. The molecule has 1 unspecified atom stereocenters. The van der Waals surface area contributed by atoms with Gasteiger partial charge in [0, 0.05) is 28.0 Å². The SMILES string of the molecule is CNC(c1cncc(C)c1)c1c(Cl)cccc1Cl. The summed E-state index contributed by atoms with van der Waals surface area (Å²) in [4.78, 5) is 4.21. The van der Waals surface area contributed by atoms with Crippen LogP contribution in [0.4, 0.5) is 0 Å². The topological polar surface area (TPSA) is 24.9 Å². The van der Waals surface area contributed by atoms with Gasteiger partial charge < -0.3 is 5.32 Å². The van der Waals surface area contributed by atoms with E-state index in [0.717, 1.165) is 16.7 Å². The molecule has 1 heterocycles. The monoisotopic (exact) mass is 280 g/mol. The predicted octanol–water partition coefficient (Wildman–Crippen LogP) is 4.01. The van der Waals surface area contributed by atoms with Crippen LogP contribution in [0.3, 0.4) is 0 Å². The molecular formula is C14H14Cl2N2. The molecule has 0 aliphatic carbocycles. The molecule has 0 radical (unpaired) electrons. The molecule has 0 saturated heterocycles. The summed E-state index contributed by atoms with van der Waals surface area (Å²) in [5, 5.41) is 4.55. The molecule has 1 N–H and O–H groups in total. The number of nitrogens with one attached hydrogen (secondary N) is 1. The maximum Gasteiger partial charge on any atom is 0.0619 e. The largest absolute Gasteiger partial charge is 0.309 e. The van der Waals surface area contributed by atoms with Gasteiger partial charge in [0.1, 0.15) is 0 Å². The van der Waals surface area contributed by atoms with Crippen LogP contribution < -0.4 is 5.32 Å². The van der Waals surface area contributed by atoms with Crippen LogP contribution in [0.2, 0.25) is 10.0 Å². The first-order chi connectivity index (χ1) is 8.63. The number of nitrogens with zero attached hydrogens (tertiary/aromatic N) is 1. The smallest absolute Gasteiger partial charge is 0.0619 e. The lowest BCUT2D eigenvalue weighted by Crippen LogP contribution is -2.18. The second-order valence-corrected chi connectivity index (χ2v) is 4.97. The van der Waals surface area contributed by atoms with E-state index in [2.05, 4.69) is 16.4 Å². The summed E-state index contributed by atoms with van der Waals surface area (Å²) in [6.45, 7) is 2.01. The van der Waals surface area contributed by atoms with Crippen LogP contribution in [-0.2, 0) is 0 Å². The number of rotatable bonds is 3. The first kappa shape index (κ1) is 13.3. The van der Waals surface area contributed by atoms with Crippen molar-refractivity contribution < 1.29 is 0 Å². The molecule has 0 aliphatic heterocycles. The highest BCUT2D eigenvalue weighted by Gasteiger charge is 2.18. The Morgan fingerprint density at radius 3 is 2.39 bits per heavy atom. The van der Waals surface area contributed by atoms with Gasteiger partial charge in [-0.2, -0.15) is 0 Å². The summed E-state index contributed by atoms with van der Waals surface area (Å²) in [5.41, 5.74) is 3.04. The molecule has 1 atom stereocenters. The van der Waals surface area contributed by atoms with Crippen molar-refractivity contribution in [1.82, 2.24) is 10.3 Å². The molecule has 4 heteroatoms. The quantitative estimate of drug-likeness (QED) is 0.919. The molecule has 1 aromatic heterocycles. The summed E-state index contributed by atoms with van der Waals surface area (Å²) in [5.74, 6) is 0. The fraction of sp³-hybridized carbons (Fsp3) is 0.214. The van der Waals surface area contributed by atoms with Gasteiger partial charge in [-0.3, -0.25) is 4.98 Å². The van der Waals surface area contributed by atoms with Crippen LogP contribution in [0.15, 0.2) is 36.7 Å². The molecule has 0 saturated carbocycles. The van der Waals surface area contributed by atoms with Crippen molar-refractivity contribution in [2.24, 2.45) is 0 Å². The Morgan fingerprint density at radius 1 is 1.17 bits per heavy atom. The zero-order valence-electron chi connectivity index (χ0n) is 10.2. The van der Waals surface area contributed by atoms with Gasteiger partial charge in [0.05, 0.1) is 6.04 Å². The number of halogens is 2. The molecule has 0 amide bonds. The number of aromatic nitrogens is 1. The second-order valence-electron chi connectivity index (χ2n) is 4.15. The van der Waals surface area contributed by atoms with E-state index in [4.69, 9.17) is 23.2 Å². The number of pyridine rings is 1. The highest BCUT2D eigenvalue weighted by molar-refractivity contribution is 6.36. The van der Waals surface area contributed by atoms with E-state index in [1.165, 1.54) is 0 Å². The molecule has 0 fully saturated rings. The fourth-order valence-electron chi connectivity index (χ4n) is 2.00. The Bertz CT molecular complexity index is 535. The van der Waals surface area contributed by atoms with Gasteiger partial charge in [0.15, 0.2) is 0 Å². The number of benzene rings is 1. The van der Waals surface area contributed by atoms with Crippen molar-refractivity contribution in [2.75, 3.05) is 7.05 Å². The predicted molar refractivity (Wildman–Crippen MR) is 76.3 cm³/mol. The van der Waals surface area contributed by atoms with Crippen LogP contribution in [0.25, 0.3) is 0 Å². The minimum absolute atomic E-state index is 0.0569. The third-order valence-electron chi connectivity index (χ3n) is 2.81. The molecule has 1 aromatic carbocycles. The standard InChI is InChI=1S/C14H14Cl2N2/c1-9-6-10(8-18-7-9)14(17-2)13-11(15)4-3-5-12(13)16/h3-8,14,17H,1-2H3. The van der Waals surface area contributed by atoms with E-state index in [1.807, 2.05) is 44.6 Å². The zero-order chi connectivity index (χ0) is 13.1. The van der Waals surface area contributed by atoms with Crippen molar-refractivity contribution in [3.8, 4) is 0 Å². The first-order valence-electron chi connectivity index (χ1n) is 5.66. The Hall–Kier alpha value is -1.09. The Morgan fingerprint density at radius 2 is 1.83 bits per heavy atom. The average molecular weight is 281 g/mol. The van der Waals surface area contributed by atoms with Crippen LogP contribution in [0.1, 0.15) is 22.7 Å². The molecule has 2 rings (SSSR count). The third kappa shape index (κ3) is 2.66. The normalized spacial score (nSPS) is 12.4. The van der Waals surface area contributed by atoms with Crippen molar-refractivity contribution >= 4 is 23.2 Å². The van der Waals surface area contributed by atoms with Gasteiger partial charge in [-0.1, -0.05) is 35.3 Å². The summed E-state index contributed by atoms with van der Waals surface area (Å²) >= 11 is 12.5. The van der Waals surface area contributed by atoms with E-state index < -0.39 is 0 Å². The molecule has 0 bridgehead atoms. The number of aryl methyl sites for hydroxylation is 1. The van der Waals surface area contributed by atoms with E-state index in [9.17, 15) is 0 Å². The average Bonchev–Trinajstić information content (AvgIpc) is 2.34. The van der Waals surface area contributed by atoms with Crippen molar-refractivity contribution in [3.63, 3.8) is 0 Å². The molecule has 18 heavy (non-hydrogen) atoms. The van der Waals surface area contributed by atoms with Gasteiger partial charge in [-0.15, -0.1) is 0 Å². The Balaban J connectivity index is 2.52.